The maximum atomic E-state index is 12.2. The van der Waals surface area contributed by atoms with E-state index in [0.717, 1.165) is 22.2 Å². The number of anilines is 1. The highest BCUT2D eigenvalue weighted by Gasteiger charge is 2.34. The van der Waals surface area contributed by atoms with E-state index in [2.05, 4.69) is 11.2 Å². The van der Waals surface area contributed by atoms with E-state index in [0.29, 0.717) is 17.0 Å². The van der Waals surface area contributed by atoms with Gasteiger partial charge in [-0.05, 0) is 54.6 Å². The predicted molar refractivity (Wildman–Crippen MR) is 118 cm³/mol. The van der Waals surface area contributed by atoms with Gasteiger partial charge in [-0.3, -0.25) is 19.3 Å². The van der Waals surface area contributed by atoms with Gasteiger partial charge in [0, 0.05) is 5.69 Å². The summed E-state index contributed by atoms with van der Waals surface area (Å²) in [4.78, 5) is 37.4. The van der Waals surface area contributed by atoms with Crippen molar-refractivity contribution in [3.05, 3.63) is 63.5 Å². The molecule has 0 unspecified atom stereocenters. The zero-order chi connectivity index (χ0) is 21.7. The molecule has 152 valence electrons. The SMILES string of the molecule is C#CCN1C(=O)S/C(=C/c2ccc(OCC(=O)Nc3ccc(C)cc3)c(Cl)c2)C1=O. The number of carbonyl (C=O) groups excluding carboxylic acids is 3. The molecule has 1 N–H and O–H groups in total. The van der Waals surface area contributed by atoms with Gasteiger partial charge in [-0.1, -0.05) is 41.3 Å². The Hall–Kier alpha value is -3.21. The molecule has 1 fully saturated rings. The highest BCUT2D eigenvalue weighted by atomic mass is 35.5. The summed E-state index contributed by atoms with van der Waals surface area (Å²) >= 11 is 7.06. The van der Waals surface area contributed by atoms with E-state index in [4.69, 9.17) is 22.8 Å². The average molecular weight is 441 g/mol. The van der Waals surface area contributed by atoms with Gasteiger partial charge >= 0.3 is 0 Å². The van der Waals surface area contributed by atoms with E-state index >= 15 is 0 Å². The molecule has 0 saturated carbocycles. The Labute approximate surface area is 183 Å². The van der Waals surface area contributed by atoms with Gasteiger partial charge in [0.25, 0.3) is 17.1 Å². The van der Waals surface area contributed by atoms with Crippen LogP contribution in [0.4, 0.5) is 10.5 Å². The number of thioether (sulfide) groups is 1. The molecule has 2 aromatic carbocycles. The average Bonchev–Trinajstić information content (AvgIpc) is 2.97. The molecule has 30 heavy (non-hydrogen) atoms. The van der Waals surface area contributed by atoms with Gasteiger partial charge in [0.2, 0.25) is 0 Å². The molecule has 0 spiro atoms. The number of carbonyl (C=O) groups is 3. The lowest BCUT2D eigenvalue weighted by molar-refractivity contribution is -0.122. The van der Waals surface area contributed by atoms with Crippen molar-refractivity contribution >= 4 is 52.2 Å². The lowest BCUT2D eigenvalue weighted by atomic mass is 10.2. The molecule has 8 heteroatoms. The zero-order valence-corrected chi connectivity index (χ0v) is 17.5. The van der Waals surface area contributed by atoms with Crippen LogP contribution in [0.1, 0.15) is 11.1 Å². The maximum Gasteiger partial charge on any atom is 0.294 e. The second-order valence-corrected chi connectivity index (χ2v) is 7.77. The van der Waals surface area contributed by atoms with Crippen LogP contribution in [-0.4, -0.2) is 35.1 Å². The normalized spacial score (nSPS) is 14.7. The minimum absolute atomic E-state index is 0.0693. The Bertz CT molecular complexity index is 1070. The maximum absolute atomic E-state index is 12.2. The fourth-order valence-electron chi connectivity index (χ4n) is 2.58. The smallest absolute Gasteiger partial charge is 0.294 e. The summed E-state index contributed by atoms with van der Waals surface area (Å²) in [5, 5.41) is 2.60. The largest absolute Gasteiger partial charge is 0.482 e. The van der Waals surface area contributed by atoms with Crippen molar-refractivity contribution in [1.82, 2.24) is 4.90 Å². The molecule has 3 rings (SSSR count). The molecule has 0 aromatic heterocycles. The van der Waals surface area contributed by atoms with Crippen LogP contribution >= 0.6 is 23.4 Å². The predicted octanol–water partition coefficient (Wildman–Crippen LogP) is 4.34. The Morgan fingerprint density at radius 1 is 1.27 bits per heavy atom. The first-order valence-corrected chi connectivity index (χ1v) is 10.0. The highest BCUT2D eigenvalue weighted by Crippen LogP contribution is 2.33. The van der Waals surface area contributed by atoms with E-state index in [1.165, 1.54) is 0 Å². The van der Waals surface area contributed by atoms with Crippen molar-refractivity contribution in [2.24, 2.45) is 0 Å². The van der Waals surface area contributed by atoms with Gasteiger partial charge in [-0.2, -0.15) is 0 Å². The van der Waals surface area contributed by atoms with E-state index in [9.17, 15) is 14.4 Å². The Morgan fingerprint density at radius 3 is 2.67 bits per heavy atom. The van der Waals surface area contributed by atoms with Gasteiger partial charge < -0.3 is 10.1 Å². The van der Waals surface area contributed by atoms with Crippen molar-refractivity contribution in [3.63, 3.8) is 0 Å². The van der Waals surface area contributed by atoms with Crippen LogP contribution in [0.3, 0.4) is 0 Å². The van der Waals surface area contributed by atoms with Gasteiger partial charge in [0.15, 0.2) is 6.61 Å². The molecule has 2 aromatic rings. The molecule has 1 aliphatic heterocycles. The third-order valence-corrected chi connectivity index (χ3v) is 5.27. The summed E-state index contributed by atoms with van der Waals surface area (Å²) in [5.41, 5.74) is 2.38. The molecular formula is C22H17ClN2O4S. The van der Waals surface area contributed by atoms with Crippen molar-refractivity contribution in [3.8, 4) is 18.1 Å². The number of benzene rings is 2. The van der Waals surface area contributed by atoms with Gasteiger partial charge in [0.05, 0.1) is 16.5 Å². The third kappa shape index (κ3) is 5.23. The number of nitrogens with zero attached hydrogens (tertiary/aromatic N) is 1. The number of terminal acetylenes is 1. The number of ether oxygens (including phenoxy) is 1. The molecule has 0 radical (unpaired) electrons. The van der Waals surface area contributed by atoms with Crippen molar-refractivity contribution < 1.29 is 19.1 Å². The molecule has 0 aliphatic carbocycles. The number of aryl methyl sites for hydroxylation is 1. The highest BCUT2D eigenvalue weighted by molar-refractivity contribution is 8.18. The molecule has 1 saturated heterocycles. The van der Waals surface area contributed by atoms with Crippen LogP contribution in [0.2, 0.25) is 5.02 Å². The molecule has 3 amide bonds. The topological polar surface area (TPSA) is 75.7 Å². The number of nitrogens with one attached hydrogen (secondary N) is 1. The Morgan fingerprint density at radius 2 is 2.00 bits per heavy atom. The lowest BCUT2D eigenvalue weighted by Crippen LogP contribution is -2.28. The van der Waals surface area contributed by atoms with Crippen LogP contribution in [0.25, 0.3) is 6.08 Å². The summed E-state index contributed by atoms with van der Waals surface area (Å²) in [5.74, 6) is 1.86. The molecule has 0 atom stereocenters. The molecular weight excluding hydrogens is 424 g/mol. The van der Waals surface area contributed by atoms with Crippen LogP contribution in [-0.2, 0) is 9.59 Å². The third-order valence-electron chi connectivity index (χ3n) is 4.07. The summed E-state index contributed by atoms with van der Waals surface area (Å²) in [6.45, 7) is 1.68. The monoisotopic (exact) mass is 440 g/mol. The number of hydrogen-bond acceptors (Lipinski definition) is 5. The fraction of sp³-hybridized carbons (Fsp3) is 0.136. The zero-order valence-electron chi connectivity index (χ0n) is 16.0. The van der Waals surface area contributed by atoms with E-state index < -0.39 is 11.1 Å². The van der Waals surface area contributed by atoms with Crippen LogP contribution < -0.4 is 10.1 Å². The molecule has 1 heterocycles. The van der Waals surface area contributed by atoms with Crippen LogP contribution in [0.5, 0.6) is 5.75 Å². The lowest BCUT2D eigenvalue weighted by Gasteiger charge is -2.10. The van der Waals surface area contributed by atoms with Crippen molar-refractivity contribution in [1.29, 1.82) is 0 Å². The second-order valence-electron chi connectivity index (χ2n) is 6.36. The summed E-state index contributed by atoms with van der Waals surface area (Å²) in [6, 6.07) is 12.3. The minimum Gasteiger partial charge on any atom is -0.482 e. The fourth-order valence-corrected chi connectivity index (χ4v) is 3.66. The summed E-state index contributed by atoms with van der Waals surface area (Å²) in [6.07, 6.45) is 6.74. The van der Waals surface area contributed by atoms with E-state index in [1.54, 1.807) is 36.4 Å². The number of hydrogen-bond donors (Lipinski definition) is 1. The van der Waals surface area contributed by atoms with Gasteiger partial charge in [-0.15, -0.1) is 6.42 Å². The van der Waals surface area contributed by atoms with Gasteiger partial charge in [-0.25, -0.2) is 0 Å². The van der Waals surface area contributed by atoms with Gasteiger partial charge in [0.1, 0.15) is 5.75 Å². The molecule has 1 aliphatic rings. The number of halogens is 1. The summed E-state index contributed by atoms with van der Waals surface area (Å²) < 4.78 is 5.49. The minimum atomic E-state index is -0.438. The first-order valence-electron chi connectivity index (χ1n) is 8.85. The molecule has 0 bridgehead atoms. The number of amides is 3. The van der Waals surface area contributed by atoms with Crippen molar-refractivity contribution in [2.75, 3.05) is 18.5 Å². The van der Waals surface area contributed by atoms with Crippen LogP contribution in [0, 0.1) is 19.3 Å². The molecule has 6 nitrogen and oxygen atoms in total. The Balaban J connectivity index is 1.62. The standard InChI is InChI=1S/C22H17ClN2O4S/c1-3-10-25-21(27)19(30-22(25)28)12-15-6-9-18(17(23)11-15)29-13-20(26)24-16-7-4-14(2)5-8-16/h1,4-9,11-12H,10,13H2,2H3,(H,24,26)/b19-12+. The Kier molecular flexibility index (Phi) is 6.83. The van der Waals surface area contributed by atoms with Crippen LogP contribution in [0.15, 0.2) is 47.4 Å². The second kappa shape index (κ2) is 9.53. The number of imide groups is 1. The first kappa shape index (κ1) is 21.5. The first-order chi connectivity index (χ1) is 14.4. The van der Waals surface area contributed by atoms with E-state index in [1.807, 2.05) is 19.1 Å². The van der Waals surface area contributed by atoms with Crippen molar-refractivity contribution in [2.45, 2.75) is 6.92 Å². The summed E-state index contributed by atoms with van der Waals surface area (Å²) in [7, 11) is 0. The van der Waals surface area contributed by atoms with E-state index in [-0.39, 0.29) is 29.0 Å². The number of rotatable bonds is 6. The quantitative estimate of drug-likeness (QED) is 0.534.